The summed E-state index contributed by atoms with van der Waals surface area (Å²) in [6.45, 7) is 11.0. The summed E-state index contributed by atoms with van der Waals surface area (Å²) in [5, 5.41) is 40.4. The van der Waals surface area contributed by atoms with Crippen molar-refractivity contribution in [1.29, 1.82) is 0 Å². The Hall–Kier alpha value is -0.980. The quantitative estimate of drug-likeness (QED) is 0.303. The van der Waals surface area contributed by atoms with Crippen molar-refractivity contribution < 1.29 is 25.2 Å². The molecule has 0 bridgehead atoms. The van der Waals surface area contributed by atoms with E-state index >= 15 is 0 Å². The van der Waals surface area contributed by atoms with Crippen molar-refractivity contribution in [1.82, 2.24) is 0 Å². The first-order chi connectivity index (χ1) is 16.5. The molecule has 0 spiro atoms. The van der Waals surface area contributed by atoms with Crippen molar-refractivity contribution >= 4 is 0 Å². The number of rotatable bonds is 11. The first-order valence-corrected chi connectivity index (χ1v) is 13.9. The Balaban J connectivity index is 1.66. The molecule has 3 rings (SSSR count). The maximum Gasteiger partial charge on any atom is 0.113 e. The van der Waals surface area contributed by atoms with Gasteiger partial charge >= 0.3 is 0 Å². The smallest absolute Gasteiger partial charge is 0.113 e. The molecular formula is C30H50O5. The highest BCUT2D eigenvalue weighted by atomic mass is 16.5. The molecule has 4 N–H and O–H groups in total. The minimum Gasteiger partial charge on any atom is -0.396 e. The van der Waals surface area contributed by atoms with E-state index in [-0.39, 0.29) is 6.61 Å². The van der Waals surface area contributed by atoms with Crippen LogP contribution >= 0.6 is 0 Å². The largest absolute Gasteiger partial charge is 0.396 e. The molecule has 3 aliphatic carbocycles. The molecule has 200 valence electrons. The molecule has 7 atom stereocenters. The zero-order valence-corrected chi connectivity index (χ0v) is 22.7. The van der Waals surface area contributed by atoms with Gasteiger partial charge in [-0.3, -0.25) is 0 Å². The van der Waals surface area contributed by atoms with Gasteiger partial charge in [0, 0.05) is 19.6 Å². The van der Waals surface area contributed by atoms with Gasteiger partial charge in [0.2, 0.25) is 0 Å². The molecule has 0 aromatic carbocycles. The van der Waals surface area contributed by atoms with Crippen LogP contribution in [0.3, 0.4) is 0 Å². The maximum atomic E-state index is 10.8. The van der Waals surface area contributed by atoms with Crippen molar-refractivity contribution in [2.24, 2.45) is 23.2 Å². The minimum atomic E-state index is -0.830. The molecule has 0 amide bonds. The van der Waals surface area contributed by atoms with Gasteiger partial charge in [-0.05, 0) is 99.2 Å². The lowest BCUT2D eigenvalue weighted by Crippen LogP contribution is -2.44. The third-order valence-electron chi connectivity index (χ3n) is 9.17. The number of hydrogen-bond donors (Lipinski definition) is 4. The van der Waals surface area contributed by atoms with Crippen molar-refractivity contribution in [3.8, 4) is 0 Å². The van der Waals surface area contributed by atoms with Gasteiger partial charge in [-0.1, -0.05) is 44.9 Å². The molecular weight excluding hydrogens is 440 g/mol. The van der Waals surface area contributed by atoms with Gasteiger partial charge in [-0.2, -0.15) is 0 Å². The summed E-state index contributed by atoms with van der Waals surface area (Å²) < 4.78 is 5.67. The highest BCUT2D eigenvalue weighted by molar-refractivity contribution is 5.38. The normalized spacial score (nSPS) is 34.9. The first kappa shape index (κ1) is 28.6. The highest BCUT2D eigenvalue weighted by Gasteiger charge is 2.49. The van der Waals surface area contributed by atoms with Crippen molar-refractivity contribution in [3.63, 3.8) is 0 Å². The summed E-state index contributed by atoms with van der Waals surface area (Å²) in [6.07, 6.45) is 13.4. The zero-order valence-electron chi connectivity index (χ0n) is 22.7. The summed E-state index contributed by atoms with van der Waals surface area (Å²) in [5.74, 6) is 1.93. The van der Waals surface area contributed by atoms with E-state index < -0.39 is 23.9 Å². The SMILES string of the molecule is CC1=C(/C=C/C2=CCCC3(C)C2CCC3C(C)CCCC(C)(C)O)CC(O)C(OCCCO)C1O. The molecule has 0 heterocycles. The maximum absolute atomic E-state index is 10.8. The van der Waals surface area contributed by atoms with Crippen LogP contribution in [0.1, 0.15) is 92.4 Å². The lowest BCUT2D eigenvalue weighted by molar-refractivity contribution is -0.0958. The van der Waals surface area contributed by atoms with Gasteiger partial charge in [0.1, 0.15) is 12.2 Å². The predicted octanol–water partition coefficient (Wildman–Crippen LogP) is 5.08. The Morgan fingerprint density at radius 1 is 1.20 bits per heavy atom. The van der Waals surface area contributed by atoms with E-state index in [0.717, 1.165) is 30.4 Å². The Morgan fingerprint density at radius 3 is 2.63 bits per heavy atom. The zero-order chi connectivity index (χ0) is 25.8. The Kier molecular flexibility index (Phi) is 9.84. The topological polar surface area (TPSA) is 90.2 Å². The summed E-state index contributed by atoms with van der Waals surface area (Å²) in [7, 11) is 0. The van der Waals surface area contributed by atoms with Crippen molar-refractivity contribution in [3.05, 3.63) is 34.9 Å². The third kappa shape index (κ3) is 6.87. The number of fused-ring (bicyclic) bond motifs is 1. The summed E-state index contributed by atoms with van der Waals surface area (Å²) in [6, 6.07) is 0. The fraction of sp³-hybridized carbons (Fsp3) is 0.800. The van der Waals surface area contributed by atoms with E-state index in [1.165, 1.54) is 31.3 Å². The van der Waals surface area contributed by atoms with Gasteiger partial charge in [-0.15, -0.1) is 0 Å². The number of allylic oxidation sites excluding steroid dienone is 4. The summed E-state index contributed by atoms with van der Waals surface area (Å²) in [4.78, 5) is 0. The monoisotopic (exact) mass is 490 g/mol. The lowest BCUT2D eigenvalue weighted by Gasteiger charge is -2.43. The van der Waals surface area contributed by atoms with Crippen molar-refractivity contribution in [2.45, 2.75) is 116 Å². The average Bonchev–Trinajstić information content (AvgIpc) is 3.14. The second kappa shape index (κ2) is 12.0. The number of hydrogen-bond acceptors (Lipinski definition) is 5. The van der Waals surface area contributed by atoms with Crippen LogP contribution in [0.2, 0.25) is 0 Å². The molecule has 0 aromatic heterocycles. The average molecular weight is 491 g/mol. The van der Waals surface area contributed by atoms with Crippen LogP contribution in [0.25, 0.3) is 0 Å². The second-order valence-corrected chi connectivity index (χ2v) is 12.3. The third-order valence-corrected chi connectivity index (χ3v) is 9.17. The number of ether oxygens (including phenoxy) is 1. The van der Waals surface area contributed by atoms with E-state index in [2.05, 4.69) is 32.1 Å². The van der Waals surface area contributed by atoms with Crippen LogP contribution < -0.4 is 0 Å². The summed E-state index contributed by atoms with van der Waals surface area (Å²) in [5.41, 5.74) is 3.00. The summed E-state index contributed by atoms with van der Waals surface area (Å²) >= 11 is 0. The number of aliphatic hydroxyl groups is 4. The van der Waals surface area contributed by atoms with Gasteiger partial charge in [0.25, 0.3) is 0 Å². The minimum absolute atomic E-state index is 0.0391. The van der Waals surface area contributed by atoms with Gasteiger partial charge in [0.05, 0.1) is 11.7 Å². The molecule has 0 saturated heterocycles. The molecule has 0 aliphatic heterocycles. The van der Waals surface area contributed by atoms with Crippen LogP contribution in [0.15, 0.2) is 34.9 Å². The fourth-order valence-corrected chi connectivity index (χ4v) is 7.07. The number of aliphatic hydroxyl groups excluding tert-OH is 3. The molecule has 3 aliphatic rings. The van der Waals surface area contributed by atoms with Gasteiger partial charge in [-0.25, -0.2) is 0 Å². The van der Waals surface area contributed by atoms with Gasteiger partial charge < -0.3 is 25.2 Å². The molecule has 0 radical (unpaired) electrons. The fourth-order valence-electron chi connectivity index (χ4n) is 7.07. The molecule has 5 heteroatoms. The second-order valence-electron chi connectivity index (χ2n) is 12.3. The molecule has 5 nitrogen and oxygen atoms in total. The van der Waals surface area contributed by atoms with Crippen LogP contribution in [-0.4, -0.2) is 57.6 Å². The van der Waals surface area contributed by atoms with Crippen LogP contribution in [0.5, 0.6) is 0 Å². The van der Waals surface area contributed by atoms with E-state index in [4.69, 9.17) is 9.84 Å². The van der Waals surface area contributed by atoms with E-state index in [9.17, 15) is 15.3 Å². The lowest BCUT2D eigenvalue weighted by atomic mass is 9.62. The molecule has 1 fully saturated rings. The van der Waals surface area contributed by atoms with E-state index in [1.807, 2.05) is 20.8 Å². The molecule has 0 aromatic rings. The van der Waals surface area contributed by atoms with Crippen LogP contribution in [-0.2, 0) is 4.74 Å². The Morgan fingerprint density at radius 2 is 1.94 bits per heavy atom. The van der Waals surface area contributed by atoms with E-state index in [0.29, 0.717) is 42.6 Å². The Labute approximate surface area is 213 Å². The van der Waals surface area contributed by atoms with Crippen LogP contribution in [0.4, 0.5) is 0 Å². The van der Waals surface area contributed by atoms with Crippen molar-refractivity contribution in [2.75, 3.05) is 13.2 Å². The first-order valence-electron chi connectivity index (χ1n) is 13.9. The van der Waals surface area contributed by atoms with Crippen LogP contribution in [0, 0.1) is 23.2 Å². The Bertz CT molecular complexity index is 791. The van der Waals surface area contributed by atoms with Gasteiger partial charge in [0.15, 0.2) is 0 Å². The van der Waals surface area contributed by atoms with E-state index in [1.54, 1.807) is 0 Å². The predicted molar refractivity (Wildman–Crippen MR) is 141 cm³/mol. The standard InChI is InChI=1S/C30H50O5/c1-20(9-6-15-29(3,4)34)24-13-14-25-22(10-7-16-30(24,25)5)11-12-23-19-26(32)28(27(33)21(23)2)35-18-8-17-31/h10-12,20,24-28,31-34H,6-9,13-19H2,1-5H3/b12-11+. The highest BCUT2D eigenvalue weighted by Crippen LogP contribution is 2.58. The molecule has 35 heavy (non-hydrogen) atoms. The molecule has 7 unspecified atom stereocenters. The molecule has 1 saturated carbocycles.